The molecular formula is C15H21N5O. The van der Waals surface area contributed by atoms with Crippen LogP contribution >= 0.6 is 0 Å². The van der Waals surface area contributed by atoms with Crippen molar-refractivity contribution in [2.24, 2.45) is 0 Å². The van der Waals surface area contributed by atoms with Gasteiger partial charge >= 0.3 is 0 Å². The number of H-pyrrole nitrogens is 1. The largest absolute Gasteiger partial charge is 0.395 e. The lowest BCUT2D eigenvalue weighted by atomic mass is 10.2. The van der Waals surface area contributed by atoms with Gasteiger partial charge in [0, 0.05) is 26.0 Å². The van der Waals surface area contributed by atoms with Gasteiger partial charge in [-0.3, -0.25) is 14.9 Å². The van der Waals surface area contributed by atoms with Crippen molar-refractivity contribution in [2.45, 2.75) is 26.2 Å². The summed E-state index contributed by atoms with van der Waals surface area (Å²) in [6.07, 6.45) is 6.03. The Balaban J connectivity index is 1.99. The van der Waals surface area contributed by atoms with E-state index >= 15 is 0 Å². The molecule has 0 aliphatic carbocycles. The highest BCUT2D eigenvalue weighted by molar-refractivity contribution is 5.97. The second-order valence-corrected chi connectivity index (χ2v) is 5.05. The van der Waals surface area contributed by atoms with Crippen LogP contribution in [0.1, 0.15) is 35.1 Å². The van der Waals surface area contributed by atoms with Crippen LogP contribution in [0.25, 0.3) is 0 Å². The van der Waals surface area contributed by atoms with Gasteiger partial charge in [0.1, 0.15) is 0 Å². The summed E-state index contributed by atoms with van der Waals surface area (Å²) in [4.78, 5) is 18.0. The number of hydrogen-bond donors (Lipinski definition) is 2. The molecular weight excluding hydrogens is 266 g/mol. The molecule has 21 heavy (non-hydrogen) atoms. The monoisotopic (exact) mass is 287 g/mol. The Bertz CT molecular complexity index is 593. The summed E-state index contributed by atoms with van der Waals surface area (Å²) in [5.41, 5.74) is 8.75. The average molecular weight is 287 g/mol. The first-order valence-corrected chi connectivity index (χ1v) is 7.10. The Labute approximate surface area is 124 Å². The van der Waals surface area contributed by atoms with Gasteiger partial charge < -0.3 is 10.6 Å². The molecule has 0 aromatic carbocycles. The normalized spacial score (nSPS) is 10.6. The lowest BCUT2D eigenvalue weighted by Crippen LogP contribution is -2.29. The summed E-state index contributed by atoms with van der Waals surface area (Å²) in [7, 11) is 1.76. The van der Waals surface area contributed by atoms with Gasteiger partial charge in [0.05, 0.1) is 11.4 Å². The third-order valence-corrected chi connectivity index (χ3v) is 3.42. The molecule has 1 amide bonds. The molecule has 0 saturated heterocycles. The number of aromatic amines is 1. The van der Waals surface area contributed by atoms with Gasteiger partial charge in [-0.2, -0.15) is 5.10 Å². The molecule has 0 aliphatic rings. The van der Waals surface area contributed by atoms with Crippen molar-refractivity contribution < 1.29 is 4.79 Å². The molecule has 0 unspecified atom stereocenters. The van der Waals surface area contributed by atoms with Crippen LogP contribution in [0.2, 0.25) is 0 Å². The first kappa shape index (κ1) is 15.0. The summed E-state index contributed by atoms with van der Waals surface area (Å²) in [6, 6.07) is 3.89. The summed E-state index contributed by atoms with van der Waals surface area (Å²) in [6.45, 7) is 2.67. The molecule has 112 valence electrons. The topological polar surface area (TPSA) is 87.9 Å². The Morgan fingerprint density at radius 3 is 2.71 bits per heavy atom. The Morgan fingerprint density at radius 1 is 1.33 bits per heavy atom. The zero-order valence-electron chi connectivity index (χ0n) is 12.5. The summed E-state index contributed by atoms with van der Waals surface area (Å²) in [5, 5.41) is 6.91. The van der Waals surface area contributed by atoms with Gasteiger partial charge in [0.15, 0.2) is 5.69 Å². The van der Waals surface area contributed by atoms with Crippen molar-refractivity contribution >= 4 is 11.6 Å². The van der Waals surface area contributed by atoms with E-state index in [1.54, 1.807) is 24.3 Å². The lowest BCUT2D eigenvalue weighted by Gasteiger charge is -2.16. The second kappa shape index (κ2) is 6.88. The fourth-order valence-corrected chi connectivity index (χ4v) is 2.12. The van der Waals surface area contributed by atoms with Gasteiger partial charge in [-0.05, 0) is 30.5 Å². The van der Waals surface area contributed by atoms with E-state index in [2.05, 4.69) is 22.1 Å². The fraction of sp³-hybridized carbons (Fsp3) is 0.400. The minimum atomic E-state index is -0.153. The Kier molecular flexibility index (Phi) is 4.92. The number of nitrogens with zero attached hydrogens (tertiary/aromatic N) is 3. The molecule has 6 heteroatoms. The Hall–Kier alpha value is -2.37. The van der Waals surface area contributed by atoms with E-state index in [0.29, 0.717) is 17.9 Å². The van der Waals surface area contributed by atoms with Gasteiger partial charge in [-0.1, -0.05) is 13.3 Å². The van der Waals surface area contributed by atoms with Gasteiger partial charge in [0.25, 0.3) is 5.91 Å². The molecule has 0 spiro atoms. The van der Waals surface area contributed by atoms with E-state index in [1.165, 1.54) is 0 Å². The number of amides is 1. The third-order valence-electron chi connectivity index (χ3n) is 3.42. The zero-order valence-corrected chi connectivity index (χ0v) is 12.5. The van der Waals surface area contributed by atoms with Crippen LogP contribution in [-0.4, -0.2) is 39.6 Å². The highest BCUT2D eigenvalue weighted by atomic mass is 16.2. The number of hydrogen-bond acceptors (Lipinski definition) is 4. The summed E-state index contributed by atoms with van der Waals surface area (Å²) in [5.74, 6) is -0.153. The summed E-state index contributed by atoms with van der Waals surface area (Å²) < 4.78 is 0. The van der Waals surface area contributed by atoms with Crippen molar-refractivity contribution in [3.8, 4) is 0 Å². The van der Waals surface area contributed by atoms with E-state index in [1.807, 2.05) is 12.1 Å². The second-order valence-electron chi connectivity index (χ2n) is 5.05. The number of aryl methyl sites for hydroxylation is 1. The van der Waals surface area contributed by atoms with E-state index in [9.17, 15) is 4.79 Å². The summed E-state index contributed by atoms with van der Waals surface area (Å²) >= 11 is 0. The SMILES string of the molecule is CCCc1[nH]nc(C(=O)N(C)CCc2ccncc2)c1N. The van der Waals surface area contributed by atoms with Gasteiger partial charge in [-0.25, -0.2) is 0 Å². The smallest absolute Gasteiger partial charge is 0.276 e. The van der Waals surface area contributed by atoms with Gasteiger partial charge in [-0.15, -0.1) is 0 Å². The number of aromatic nitrogens is 3. The first-order valence-electron chi connectivity index (χ1n) is 7.10. The van der Waals surface area contributed by atoms with Crippen molar-refractivity contribution in [1.29, 1.82) is 0 Å². The third kappa shape index (κ3) is 3.59. The molecule has 0 atom stereocenters. The standard InChI is InChI=1S/C15H21N5O/c1-3-4-12-13(16)14(19-18-12)15(21)20(2)10-7-11-5-8-17-9-6-11/h5-6,8-9H,3-4,7,10,16H2,1-2H3,(H,18,19). The van der Waals surface area contributed by atoms with Crippen LogP contribution in [0.15, 0.2) is 24.5 Å². The van der Waals surface area contributed by atoms with Crippen molar-refractivity contribution in [1.82, 2.24) is 20.1 Å². The van der Waals surface area contributed by atoms with Crippen LogP contribution in [0, 0.1) is 0 Å². The first-order chi connectivity index (χ1) is 10.1. The number of nitrogens with two attached hydrogens (primary N) is 1. The number of nitrogen functional groups attached to an aromatic ring is 1. The number of anilines is 1. The highest BCUT2D eigenvalue weighted by Gasteiger charge is 2.20. The molecule has 2 aromatic rings. The molecule has 0 radical (unpaired) electrons. The van der Waals surface area contributed by atoms with E-state index in [-0.39, 0.29) is 5.91 Å². The number of nitrogens with one attached hydrogen (secondary N) is 1. The molecule has 6 nitrogen and oxygen atoms in total. The maximum absolute atomic E-state index is 12.4. The molecule has 0 fully saturated rings. The maximum Gasteiger partial charge on any atom is 0.276 e. The van der Waals surface area contributed by atoms with Crippen LogP contribution in [0.5, 0.6) is 0 Å². The quantitative estimate of drug-likeness (QED) is 0.845. The predicted molar refractivity (Wildman–Crippen MR) is 81.9 cm³/mol. The average Bonchev–Trinajstić information content (AvgIpc) is 2.87. The molecule has 2 aromatic heterocycles. The fourth-order valence-electron chi connectivity index (χ4n) is 2.12. The number of likely N-dealkylation sites (N-methyl/N-ethyl adjacent to an activating group) is 1. The number of carbonyl (C=O) groups excluding carboxylic acids is 1. The molecule has 3 N–H and O–H groups in total. The molecule has 0 aliphatic heterocycles. The van der Waals surface area contributed by atoms with Gasteiger partial charge in [0.2, 0.25) is 0 Å². The van der Waals surface area contributed by atoms with E-state index in [0.717, 1.165) is 30.5 Å². The molecule has 0 saturated carbocycles. The highest BCUT2D eigenvalue weighted by Crippen LogP contribution is 2.17. The van der Waals surface area contributed by atoms with Crippen molar-refractivity contribution in [3.63, 3.8) is 0 Å². The van der Waals surface area contributed by atoms with E-state index in [4.69, 9.17) is 5.73 Å². The molecule has 2 rings (SSSR count). The van der Waals surface area contributed by atoms with E-state index < -0.39 is 0 Å². The lowest BCUT2D eigenvalue weighted by molar-refractivity contribution is 0.0792. The van der Waals surface area contributed by atoms with Crippen molar-refractivity contribution in [3.05, 3.63) is 41.5 Å². The number of carbonyl (C=O) groups is 1. The minimum absolute atomic E-state index is 0.153. The van der Waals surface area contributed by atoms with Crippen LogP contribution in [0.3, 0.4) is 0 Å². The van der Waals surface area contributed by atoms with Crippen LogP contribution in [0.4, 0.5) is 5.69 Å². The van der Waals surface area contributed by atoms with Crippen LogP contribution < -0.4 is 5.73 Å². The Morgan fingerprint density at radius 2 is 2.05 bits per heavy atom. The minimum Gasteiger partial charge on any atom is -0.395 e. The maximum atomic E-state index is 12.4. The molecule has 2 heterocycles. The number of pyridine rings is 1. The van der Waals surface area contributed by atoms with Crippen molar-refractivity contribution in [2.75, 3.05) is 19.3 Å². The number of rotatable bonds is 6. The predicted octanol–water partition coefficient (Wildman–Crippen LogP) is 1.65. The zero-order chi connectivity index (χ0) is 15.2. The van der Waals surface area contributed by atoms with Crippen LogP contribution in [-0.2, 0) is 12.8 Å². The molecule has 0 bridgehead atoms.